The van der Waals surface area contributed by atoms with Gasteiger partial charge in [-0.1, -0.05) is 0 Å². The van der Waals surface area contributed by atoms with Crippen LogP contribution in [-0.2, 0) is 16.8 Å². The Bertz CT molecular complexity index is 790. The van der Waals surface area contributed by atoms with Crippen molar-refractivity contribution in [3.63, 3.8) is 0 Å². The van der Waals surface area contributed by atoms with Gasteiger partial charge in [-0.15, -0.1) is 0 Å². The molecule has 7 nitrogen and oxygen atoms in total. The molecule has 1 aromatic heterocycles. The van der Waals surface area contributed by atoms with Crippen LogP contribution in [0.4, 0.5) is 5.69 Å². The molecule has 0 aliphatic heterocycles. The molecule has 1 N–H and O–H groups in total. The topological polar surface area (TPSA) is 82.6 Å². The van der Waals surface area contributed by atoms with E-state index in [-0.39, 0.29) is 5.91 Å². The van der Waals surface area contributed by atoms with E-state index in [0.717, 1.165) is 14.2 Å². The fourth-order valence-corrected chi connectivity index (χ4v) is 2.86. The number of carbonyl (C=O) groups is 1. The van der Waals surface area contributed by atoms with Gasteiger partial charge in [0.05, 0.1) is 5.69 Å². The molecule has 0 bridgehead atoms. The first-order chi connectivity index (χ1) is 11.3. The molecule has 0 aliphatic rings. The second-order valence-corrected chi connectivity index (χ2v) is 7.52. The average molecular weight is 348 g/mol. The lowest BCUT2D eigenvalue weighted by atomic mass is 10.2. The minimum atomic E-state index is -3.55. The van der Waals surface area contributed by atoms with E-state index in [1.165, 1.54) is 21.1 Å². The number of amides is 1. The van der Waals surface area contributed by atoms with E-state index in [1.54, 1.807) is 36.7 Å². The second-order valence-electron chi connectivity index (χ2n) is 5.34. The molecular weight excluding hydrogens is 328 g/mol. The summed E-state index contributed by atoms with van der Waals surface area (Å²) in [6.45, 7) is 0.401. The summed E-state index contributed by atoms with van der Waals surface area (Å²) in [6, 6.07) is 10.0. The summed E-state index contributed by atoms with van der Waals surface area (Å²) in [5.41, 5.74) is 1.89. The standard InChI is InChI=1S/C16H20N4O3S/c1-19(2)24(22,23)20(3)15-6-4-14(5-7-15)16(21)18-12-13-8-10-17-11-9-13/h4-11H,12H2,1-3H3,(H,18,21). The molecule has 0 saturated carbocycles. The predicted molar refractivity (Wildman–Crippen MR) is 92.9 cm³/mol. The van der Waals surface area contributed by atoms with E-state index in [0.29, 0.717) is 17.8 Å². The molecule has 0 unspecified atom stereocenters. The highest BCUT2D eigenvalue weighted by Crippen LogP contribution is 2.18. The smallest absolute Gasteiger partial charge is 0.303 e. The molecule has 0 atom stereocenters. The highest BCUT2D eigenvalue weighted by Gasteiger charge is 2.20. The van der Waals surface area contributed by atoms with E-state index >= 15 is 0 Å². The van der Waals surface area contributed by atoms with Gasteiger partial charge in [-0.2, -0.15) is 12.7 Å². The van der Waals surface area contributed by atoms with Gasteiger partial charge in [-0.05, 0) is 42.0 Å². The maximum atomic E-state index is 12.1. The molecule has 1 heterocycles. The van der Waals surface area contributed by atoms with Gasteiger partial charge in [0, 0.05) is 45.6 Å². The first-order valence-corrected chi connectivity index (χ1v) is 8.65. The number of nitrogens with zero attached hydrogens (tertiary/aromatic N) is 3. The highest BCUT2D eigenvalue weighted by molar-refractivity contribution is 7.90. The van der Waals surface area contributed by atoms with Crippen molar-refractivity contribution in [2.75, 3.05) is 25.4 Å². The number of rotatable bonds is 6. The maximum Gasteiger partial charge on any atom is 0.303 e. The summed E-state index contributed by atoms with van der Waals surface area (Å²) in [5.74, 6) is -0.225. The number of nitrogens with one attached hydrogen (secondary N) is 1. The number of benzene rings is 1. The summed E-state index contributed by atoms with van der Waals surface area (Å²) in [7, 11) is 0.847. The maximum absolute atomic E-state index is 12.1. The molecule has 128 valence electrons. The van der Waals surface area contributed by atoms with Crippen molar-refractivity contribution >= 4 is 21.8 Å². The highest BCUT2D eigenvalue weighted by atomic mass is 32.2. The monoisotopic (exact) mass is 348 g/mol. The lowest BCUT2D eigenvalue weighted by Gasteiger charge is -2.23. The van der Waals surface area contributed by atoms with Gasteiger partial charge in [0.2, 0.25) is 0 Å². The van der Waals surface area contributed by atoms with Gasteiger partial charge in [0.25, 0.3) is 5.91 Å². The van der Waals surface area contributed by atoms with Crippen molar-refractivity contribution in [1.29, 1.82) is 0 Å². The van der Waals surface area contributed by atoms with Gasteiger partial charge < -0.3 is 5.32 Å². The predicted octanol–water partition coefficient (Wildman–Crippen LogP) is 1.25. The van der Waals surface area contributed by atoms with Crippen molar-refractivity contribution in [2.24, 2.45) is 0 Å². The normalized spacial score (nSPS) is 11.3. The third kappa shape index (κ3) is 4.09. The van der Waals surface area contributed by atoms with Gasteiger partial charge in [-0.25, -0.2) is 0 Å². The van der Waals surface area contributed by atoms with E-state index in [9.17, 15) is 13.2 Å². The molecule has 1 aromatic carbocycles. The molecule has 0 spiro atoms. The number of pyridine rings is 1. The third-order valence-electron chi connectivity index (χ3n) is 3.50. The quantitative estimate of drug-likeness (QED) is 0.852. The Morgan fingerprint density at radius 1 is 1.04 bits per heavy atom. The van der Waals surface area contributed by atoms with Crippen molar-refractivity contribution in [3.8, 4) is 0 Å². The second kappa shape index (κ2) is 7.41. The molecule has 0 fully saturated rings. The zero-order chi connectivity index (χ0) is 17.7. The van der Waals surface area contributed by atoms with Crippen molar-refractivity contribution < 1.29 is 13.2 Å². The van der Waals surface area contributed by atoms with E-state index < -0.39 is 10.2 Å². The summed E-state index contributed by atoms with van der Waals surface area (Å²) in [4.78, 5) is 16.1. The summed E-state index contributed by atoms with van der Waals surface area (Å²) < 4.78 is 26.4. The minimum Gasteiger partial charge on any atom is -0.348 e. The largest absolute Gasteiger partial charge is 0.348 e. The van der Waals surface area contributed by atoms with Crippen LogP contribution in [0.15, 0.2) is 48.8 Å². The number of carbonyl (C=O) groups excluding carboxylic acids is 1. The molecule has 24 heavy (non-hydrogen) atoms. The Hall–Kier alpha value is -2.45. The molecule has 1 amide bonds. The van der Waals surface area contributed by atoms with Gasteiger partial charge in [0.15, 0.2) is 0 Å². The third-order valence-corrected chi connectivity index (χ3v) is 5.33. The molecular formula is C16H20N4O3S. The fourth-order valence-electron chi connectivity index (χ4n) is 1.99. The summed E-state index contributed by atoms with van der Waals surface area (Å²) in [6.07, 6.45) is 3.33. The van der Waals surface area contributed by atoms with Crippen LogP contribution in [0, 0.1) is 0 Å². The first-order valence-electron chi connectivity index (χ1n) is 7.26. The molecule has 0 radical (unpaired) electrons. The Balaban J connectivity index is 2.05. The van der Waals surface area contributed by atoms with Crippen molar-refractivity contribution in [1.82, 2.24) is 14.6 Å². The number of hydrogen-bond donors (Lipinski definition) is 1. The van der Waals surface area contributed by atoms with E-state index in [4.69, 9.17) is 0 Å². The number of anilines is 1. The van der Waals surface area contributed by atoms with E-state index in [1.807, 2.05) is 12.1 Å². The summed E-state index contributed by atoms with van der Waals surface area (Å²) in [5, 5.41) is 2.81. The van der Waals surface area contributed by atoms with Crippen LogP contribution in [0.5, 0.6) is 0 Å². The van der Waals surface area contributed by atoms with Crippen LogP contribution >= 0.6 is 0 Å². The molecule has 2 rings (SSSR count). The number of hydrogen-bond acceptors (Lipinski definition) is 4. The summed E-state index contributed by atoms with van der Waals surface area (Å²) >= 11 is 0. The minimum absolute atomic E-state index is 0.225. The fraction of sp³-hybridized carbons (Fsp3) is 0.250. The Morgan fingerprint density at radius 2 is 1.62 bits per heavy atom. The van der Waals surface area contributed by atoms with Crippen LogP contribution in [0.2, 0.25) is 0 Å². The lowest BCUT2D eigenvalue weighted by molar-refractivity contribution is 0.0951. The molecule has 0 aliphatic carbocycles. The van der Waals surface area contributed by atoms with E-state index in [2.05, 4.69) is 10.3 Å². The van der Waals surface area contributed by atoms with Gasteiger partial charge >= 0.3 is 10.2 Å². The average Bonchev–Trinajstić information content (AvgIpc) is 2.60. The molecule has 8 heteroatoms. The van der Waals surface area contributed by atoms with Crippen molar-refractivity contribution in [3.05, 3.63) is 59.9 Å². The van der Waals surface area contributed by atoms with Crippen LogP contribution in [0.3, 0.4) is 0 Å². The lowest BCUT2D eigenvalue weighted by Crippen LogP contribution is -2.37. The Kier molecular flexibility index (Phi) is 5.53. The van der Waals surface area contributed by atoms with Crippen LogP contribution in [-0.4, -0.2) is 44.8 Å². The van der Waals surface area contributed by atoms with Crippen LogP contribution < -0.4 is 9.62 Å². The van der Waals surface area contributed by atoms with Crippen LogP contribution in [0.1, 0.15) is 15.9 Å². The molecule has 0 saturated heterocycles. The number of aromatic nitrogens is 1. The SMILES string of the molecule is CN(C)S(=O)(=O)N(C)c1ccc(C(=O)NCc2ccncc2)cc1. The zero-order valence-electron chi connectivity index (χ0n) is 13.8. The zero-order valence-corrected chi connectivity index (χ0v) is 14.6. The molecule has 2 aromatic rings. The first kappa shape index (κ1) is 17.9. The Morgan fingerprint density at radius 3 is 2.17 bits per heavy atom. The van der Waals surface area contributed by atoms with Crippen LogP contribution in [0.25, 0.3) is 0 Å². The van der Waals surface area contributed by atoms with Gasteiger partial charge in [-0.3, -0.25) is 14.1 Å². The Labute approximate surface area is 142 Å². The van der Waals surface area contributed by atoms with Crippen molar-refractivity contribution in [2.45, 2.75) is 6.54 Å². The van der Waals surface area contributed by atoms with Gasteiger partial charge in [0.1, 0.15) is 0 Å².